The Morgan fingerprint density at radius 3 is 1.54 bits per heavy atom. The standard InChI is InChI=1S/C18H24O2.C16H24O3/c1-5-17-14(3)13(2)15(4)18(20-17)12-19-11-16-9-7-6-8-10-16;1-11-12(2)15(19-16(17)13(11)3)10-18-9-14-7-5-4-6-8-14/h1,6-10,13-15,17-18H,11-12H2,2-4H3;4-8,11-13,15-17H,9-10H2,1-3H3/t13-,14?,15-,17+,18?;11-,12+,13?,15?,16?/m10/s1. The van der Waals surface area contributed by atoms with Gasteiger partial charge in [-0.05, 0) is 40.7 Å². The van der Waals surface area contributed by atoms with Crippen molar-refractivity contribution in [2.75, 3.05) is 13.2 Å². The summed E-state index contributed by atoms with van der Waals surface area (Å²) in [5.41, 5.74) is 2.35. The van der Waals surface area contributed by atoms with Crippen LogP contribution in [0.25, 0.3) is 0 Å². The Morgan fingerprint density at radius 2 is 1.08 bits per heavy atom. The molecule has 4 rings (SSSR count). The molecule has 2 heterocycles. The summed E-state index contributed by atoms with van der Waals surface area (Å²) in [6.45, 7) is 15.4. The van der Waals surface area contributed by atoms with E-state index in [1.165, 1.54) is 5.56 Å². The summed E-state index contributed by atoms with van der Waals surface area (Å²) < 4.78 is 23.2. The maximum atomic E-state index is 9.87. The van der Waals surface area contributed by atoms with Crippen LogP contribution in [0.15, 0.2) is 60.7 Å². The van der Waals surface area contributed by atoms with E-state index < -0.39 is 6.29 Å². The zero-order valence-corrected chi connectivity index (χ0v) is 24.5. The van der Waals surface area contributed by atoms with Gasteiger partial charge in [-0.15, -0.1) is 6.42 Å². The number of benzene rings is 2. The largest absolute Gasteiger partial charge is 0.374 e. The molecule has 0 aromatic heterocycles. The van der Waals surface area contributed by atoms with Gasteiger partial charge in [-0.1, -0.05) is 108 Å². The maximum Gasteiger partial charge on any atom is 0.157 e. The fourth-order valence-electron chi connectivity index (χ4n) is 5.34. The molecular weight excluding hydrogens is 488 g/mol. The first-order chi connectivity index (χ1) is 18.7. The van der Waals surface area contributed by atoms with E-state index in [0.717, 1.165) is 5.56 Å². The van der Waals surface area contributed by atoms with Crippen LogP contribution < -0.4 is 0 Å². The van der Waals surface area contributed by atoms with E-state index >= 15 is 0 Å². The van der Waals surface area contributed by atoms with Crippen molar-refractivity contribution in [2.24, 2.45) is 35.5 Å². The highest BCUT2D eigenvalue weighted by molar-refractivity contribution is 5.14. The minimum Gasteiger partial charge on any atom is -0.374 e. The Labute approximate surface area is 236 Å². The first-order valence-corrected chi connectivity index (χ1v) is 14.4. The number of terminal acetylenes is 1. The first-order valence-electron chi connectivity index (χ1n) is 14.4. The molecule has 2 aromatic carbocycles. The van der Waals surface area contributed by atoms with E-state index in [1.54, 1.807) is 0 Å². The van der Waals surface area contributed by atoms with Gasteiger partial charge in [0.25, 0.3) is 0 Å². The molecule has 39 heavy (non-hydrogen) atoms. The van der Waals surface area contributed by atoms with Gasteiger partial charge in [-0.3, -0.25) is 0 Å². The molecule has 2 saturated heterocycles. The monoisotopic (exact) mass is 536 g/mol. The zero-order valence-electron chi connectivity index (χ0n) is 24.5. The Morgan fingerprint density at radius 1 is 0.641 bits per heavy atom. The van der Waals surface area contributed by atoms with Gasteiger partial charge >= 0.3 is 0 Å². The quantitative estimate of drug-likeness (QED) is 0.399. The average molecular weight is 537 g/mol. The van der Waals surface area contributed by atoms with Crippen LogP contribution in [-0.4, -0.2) is 42.9 Å². The van der Waals surface area contributed by atoms with Gasteiger partial charge in [0, 0.05) is 5.92 Å². The van der Waals surface area contributed by atoms with E-state index in [2.05, 4.69) is 52.7 Å². The van der Waals surface area contributed by atoms with Crippen LogP contribution in [-0.2, 0) is 32.2 Å². The first kappa shape index (κ1) is 31.3. The summed E-state index contributed by atoms with van der Waals surface area (Å²) in [5, 5.41) is 9.87. The van der Waals surface area contributed by atoms with E-state index in [0.29, 0.717) is 56.0 Å². The van der Waals surface area contributed by atoms with E-state index in [1.807, 2.05) is 55.5 Å². The van der Waals surface area contributed by atoms with Crippen LogP contribution in [0.5, 0.6) is 0 Å². The van der Waals surface area contributed by atoms with Crippen LogP contribution in [0.3, 0.4) is 0 Å². The molecule has 1 N–H and O–H groups in total. The smallest absolute Gasteiger partial charge is 0.157 e. The molecule has 0 bridgehead atoms. The highest BCUT2D eigenvalue weighted by Crippen LogP contribution is 2.35. The van der Waals surface area contributed by atoms with Gasteiger partial charge < -0.3 is 24.1 Å². The second-order valence-corrected chi connectivity index (χ2v) is 11.5. The van der Waals surface area contributed by atoms with Crippen molar-refractivity contribution in [1.29, 1.82) is 0 Å². The van der Waals surface area contributed by atoms with Crippen molar-refractivity contribution in [3.63, 3.8) is 0 Å². The van der Waals surface area contributed by atoms with E-state index in [9.17, 15) is 5.11 Å². The molecule has 214 valence electrons. The summed E-state index contributed by atoms with van der Waals surface area (Å²) in [7, 11) is 0. The van der Waals surface area contributed by atoms with Crippen LogP contribution in [0, 0.1) is 47.9 Å². The Bertz CT molecular complexity index is 990. The van der Waals surface area contributed by atoms with Crippen molar-refractivity contribution < 1.29 is 24.1 Å². The molecule has 2 aliphatic rings. The summed E-state index contributed by atoms with van der Waals surface area (Å²) in [6, 6.07) is 20.3. The predicted octanol–water partition coefficient (Wildman–Crippen LogP) is 6.34. The molecule has 0 radical (unpaired) electrons. The number of hydrogen-bond donors (Lipinski definition) is 1. The van der Waals surface area contributed by atoms with Crippen molar-refractivity contribution >= 4 is 0 Å². The molecule has 0 amide bonds. The second kappa shape index (κ2) is 15.6. The zero-order chi connectivity index (χ0) is 28.4. The van der Waals surface area contributed by atoms with Crippen LogP contribution in [0.4, 0.5) is 0 Å². The Kier molecular flexibility index (Phi) is 12.5. The number of hydrogen-bond acceptors (Lipinski definition) is 5. The average Bonchev–Trinajstić information content (AvgIpc) is 2.96. The van der Waals surface area contributed by atoms with Gasteiger partial charge in [0.15, 0.2) is 6.29 Å². The van der Waals surface area contributed by atoms with Gasteiger partial charge in [0.05, 0.1) is 38.6 Å². The van der Waals surface area contributed by atoms with E-state index in [4.69, 9.17) is 25.4 Å². The minimum atomic E-state index is -0.670. The molecule has 2 aliphatic heterocycles. The van der Waals surface area contributed by atoms with Crippen LogP contribution in [0.2, 0.25) is 0 Å². The fourth-order valence-corrected chi connectivity index (χ4v) is 5.34. The number of ether oxygens (including phenoxy) is 4. The molecule has 5 nitrogen and oxygen atoms in total. The number of rotatable bonds is 8. The Hall–Kier alpha value is -2.20. The summed E-state index contributed by atoms with van der Waals surface area (Å²) in [4.78, 5) is 0. The lowest BCUT2D eigenvalue weighted by molar-refractivity contribution is -0.236. The third kappa shape index (κ3) is 8.90. The van der Waals surface area contributed by atoms with Crippen molar-refractivity contribution in [2.45, 2.75) is 79.4 Å². The van der Waals surface area contributed by atoms with Crippen LogP contribution >= 0.6 is 0 Å². The lowest BCUT2D eigenvalue weighted by Crippen LogP contribution is -2.46. The summed E-state index contributed by atoms with van der Waals surface area (Å²) in [6.07, 6.45) is 4.87. The number of aliphatic hydroxyl groups excluding tert-OH is 1. The lowest BCUT2D eigenvalue weighted by Gasteiger charge is -2.41. The molecule has 5 heteroatoms. The van der Waals surface area contributed by atoms with Gasteiger partial charge in [0.1, 0.15) is 6.10 Å². The van der Waals surface area contributed by atoms with Gasteiger partial charge in [-0.25, -0.2) is 0 Å². The molecule has 10 atom stereocenters. The van der Waals surface area contributed by atoms with Gasteiger partial charge in [-0.2, -0.15) is 0 Å². The molecule has 0 spiro atoms. The Balaban J connectivity index is 0.000000216. The third-order valence-corrected chi connectivity index (χ3v) is 9.00. The second-order valence-electron chi connectivity index (χ2n) is 11.5. The molecule has 0 aliphatic carbocycles. The van der Waals surface area contributed by atoms with Crippen molar-refractivity contribution in [1.82, 2.24) is 0 Å². The molecule has 2 aromatic rings. The van der Waals surface area contributed by atoms with E-state index in [-0.39, 0.29) is 24.2 Å². The molecular formula is C34H48O5. The predicted molar refractivity (Wildman–Crippen MR) is 156 cm³/mol. The van der Waals surface area contributed by atoms with Crippen molar-refractivity contribution in [3.05, 3.63) is 71.8 Å². The topological polar surface area (TPSA) is 57.2 Å². The highest BCUT2D eigenvalue weighted by Gasteiger charge is 2.39. The summed E-state index contributed by atoms with van der Waals surface area (Å²) in [5.74, 6) is 5.20. The third-order valence-electron chi connectivity index (χ3n) is 9.00. The minimum absolute atomic E-state index is 0.0232. The molecule has 5 unspecified atom stereocenters. The highest BCUT2D eigenvalue weighted by atomic mass is 16.6. The number of aliphatic hydroxyl groups is 1. The normalized spacial score (nSPS) is 34.4. The molecule has 2 fully saturated rings. The van der Waals surface area contributed by atoms with Crippen molar-refractivity contribution in [3.8, 4) is 12.3 Å². The molecule has 0 saturated carbocycles. The lowest BCUT2D eigenvalue weighted by atomic mass is 9.77. The van der Waals surface area contributed by atoms with Crippen LogP contribution in [0.1, 0.15) is 52.7 Å². The fraction of sp³-hybridized carbons (Fsp3) is 0.588. The van der Waals surface area contributed by atoms with Gasteiger partial charge in [0.2, 0.25) is 0 Å². The summed E-state index contributed by atoms with van der Waals surface area (Å²) >= 11 is 0. The maximum absolute atomic E-state index is 9.87. The SMILES string of the molecule is C#C[C@@H]1OC(COCc2ccccc2)[C@H](C)[C@H](C)C1C.CC1C(O)OC(COCc2ccccc2)[C@H](C)[C@@H]1C.